The molecule has 2 aliphatic heterocycles. The molecular formula is C37H43N7O3. The molecule has 1 N–H and O–H groups in total. The van der Waals surface area contributed by atoms with Gasteiger partial charge in [0.25, 0.3) is 0 Å². The molecule has 10 heteroatoms. The van der Waals surface area contributed by atoms with Crippen molar-refractivity contribution in [2.24, 2.45) is 0 Å². The van der Waals surface area contributed by atoms with Gasteiger partial charge in [0, 0.05) is 103 Å². The lowest BCUT2D eigenvalue weighted by Gasteiger charge is -2.33. The molecule has 0 atom stereocenters. The Morgan fingerprint density at radius 1 is 0.745 bits per heavy atom. The first-order chi connectivity index (χ1) is 22.9. The molecule has 0 radical (unpaired) electrons. The number of benzene rings is 2. The van der Waals surface area contributed by atoms with Gasteiger partial charge in [-0.05, 0) is 35.4 Å². The van der Waals surface area contributed by atoms with E-state index in [0.29, 0.717) is 23.3 Å². The Hall–Kier alpha value is -4.71. The molecule has 0 unspecified atom stereocenters. The molecule has 0 saturated carbocycles. The molecule has 2 fully saturated rings. The third-order valence-corrected chi connectivity index (χ3v) is 8.57. The highest BCUT2D eigenvalue weighted by atomic mass is 16.6. The van der Waals surface area contributed by atoms with E-state index in [2.05, 4.69) is 41.4 Å². The number of hydrogen-bond donors (Lipinski definition) is 1. The molecule has 0 bridgehead atoms. The summed E-state index contributed by atoms with van der Waals surface area (Å²) in [5.41, 5.74) is 3.79. The van der Waals surface area contributed by atoms with E-state index in [1.165, 1.54) is 16.0 Å². The number of phenolic OH excluding ortho intramolecular Hbond substituents is 1. The molecule has 10 nitrogen and oxygen atoms in total. The molecule has 244 valence electrons. The first-order valence-electron chi connectivity index (χ1n) is 15.9. The number of nitrogens with zero attached hydrogens (tertiary/aromatic N) is 7. The highest BCUT2D eigenvalue weighted by molar-refractivity contribution is 5.89. The van der Waals surface area contributed by atoms with Crippen LogP contribution >= 0.6 is 0 Å². The second-order valence-corrected chi connectivity index (χ2v) is 12.0. The third-order valence-electron chi connectivity index (χ3n) is 8.57. The second kappa shape index (κ2) is 16.2. The average molecular weight is 634 g/mol. The zero-order valence-corrected chi connectivity index (χ0v) is 27.3. The SMILES string of the molecule is C#CCN1CCN(Cc2ccc(O)c3ncccc23)CC1.C#CCN1CCN(Cc2ccc(OC(=O)N(C)C)c3ncccc23)CC1. The second-order valence-electron chi connectivity index (χ2n) is 12.0. The minimum atomic E-state index is -0.408. The summed E-state index contributed by atoms with van der Waals surface area (Å²) in [6, 6.07) is 15.5. The van der Waals surface area contributed by atoms with Crippen LogP contribution in [-0.2, 0) is 13.1 Å². The smallest absolute Gasteiger partial charge is 0.414 e. The molecule has 2 aromatic carbocycles. The largest absolute Gasteiger partial charge is 0.506 e. The van der Waals surface area contributed by atoms with E-state index in [1.807, 2.05) is 42.5 Å². The van der Waals surface area contributed by atoms with Crippen molar-refractivity contribution in [1.29, 1.82) is 0 Å². The van der Waals surface area contributed by atoms with Gasteiger partial charge in [-0.25, -0.2) is 4.79 Å². The van der Waals surface area contributed by atoms with Gasteiger partial charge in [-0.3, -0.25) is 29.6 Å². The number of carbonyl (C=O) groups is 1. The molecule has 1 amide bonds. The van der Waals surface area contributed by atoms with Crippen molar-refractivity contribution in [2.45, 2.75) is 13.1 Å². The molecule has 4 aromatic rings. The number of terminal acetylenes is 2. The van der Waals surface area contributed by atoms with E-state index >= 15 is 0 Å². The number of pyridine rings is 2. The van der Waals surface area contributed by atoms with Gasteiger partial charge >= 0.3 is 6.09 Å². The van der Waals surface area contributed by atoms with E-state index in [4.69, 9.17) is 17.6 Å². The molecule has 2 saturated heterocycles. The summed E-state index contributed by atoms with van der Waals surface area (Å²) in [7, 11) is 3.32. The van der Waals surface area contributed by atoms with Crippen LogP contribution in [0.2, 0.25) is 0 Å². The van der Waals surface area contributed by atoms with E-state index in [1.54, 1.807) is 32.6 Å². The Bertz CT molecular complexity index is 1750. The number of piperazine rings is 2. The van der Waals surface area contributed by atoms with Gasteiger partial charge < -0.3 is 14.7 Å². The van der Waals surface area contributed by atoms with Crippen molar-refractivity contribution in [3.63, 3.8) is 0 Å². The lowest BCUT2D eigenvalue weighted by Crippen LogP contribution is -2.45. The van der Waals surface area contributed by atoms with E-state index < -0.39 is 6.09 Å². The number of phenols is 1. The maximum absolute atomic E-state index is 11.9. The minimum Gasteiger partial charge on any atom is -0.506 e. The molecule has 2 aromatic heterocycles. The van der Waals surface area contributed by atoms with Crippen LogP contribution in [0.4, 0.5) is 4.79 Å². The zero-order valence-electron chi connectivity index (χ0n) is 27.3. The Morgan fingerprint density at radius 2 is 1.21 bits per heavy atom. The number of amides is 1. The maximum Gasteiger partial charge on any atom is 0.414 e. The van der Waals surface area contributed by atoms with Crippen LogP contribution in [0.1, 0.15) is 11.1 Å². The van der Waals surface area contributed by atoms with Crippen LogP contribution in [0.25, 0.3) is 21.8 Å². The summed E-state index contributed by atoms with van der Waals surface area (Å²) in [6.45, 7) is 11.2. The van der Waals surface area contributed by atoms with Crippen molar-refractivity contribution in [2.75, 3.05) is 79.5 Å². The van der Waals surface area contributed by atoms with Crippen LogP contribution in [0.15, 0.2) is 60.9 Å². The predicted octanol–water partition coefficient (Wildman–Crippen LogP) is 3.74. The topological polar surface area (TPSA) is 88.5 Å². The fourth-order valence-corrected chi connectivity index (χ4v) is 5.92. The molecule has 4 heterocycles. The third kappa shape index (κ3) is 8.76. The first-order valence-corrected chi connectivity index (χ1v) is 15.9. The number of carbonyl (C=O) groups excluding carboxylic acids is 1. The van der Waals surface area contributed by atoms with Crippen molar-refractivity contribution in [3.05, 3.63) is 72.1 Å². The van der Waals surface area contributed by atoms with Crippen LogP contribution in [0.5, 0.6) is 11.5 Å². The van der Waals surface area contributed by atoms with Gasteiger partial charge in [0.1, 0.15) is 16.8 Å². The molecule has 47 heavy (non-hydrogen) atoms. The van der Waals surface area contributed by atoms with E-state index in [9.17, 15) is 9.90 Å². The van der Waals surface area contributed by atoms with Crippen LogP contribution in [0.3, 0.4) is 0 Å². The Labute approximate surface area is 277 Å². The van der Waals surface area contributed by atoms with Crippen molar-refractivity contribution < 1.29 is 14.6 Å². The fraction of sp³-hybridized carbons (Fsp3) is 0.378. The zero-order chi connectivity index (χ0) is 33.2. The predicted molar refractivity (Wildman–Crippen MR) is 186 cm³/mol. The van der Waals surface area contributed by atoms with E-state index in [0.717, 1.165) is 82.8 Å². The number of rotatable bonds is 7. The number of ether oxygens (including phenoxy) is 1. The number of hydrogen-bond acceptors (Lipinski definition) is 9. The Balaban J connectivity index is 0.000000189. The summed E-state index contributed by atoms with van der Waals surface area (Å²) >= 11 is 0. The molecule has 6 rings (SSSR count). The molecule has 0 spiro atoms. The Morgan fingerprint density at radius 3 is 1.72 bits per heavy atom. The van der Waals surface area contributed by atoms with Crippen LogP contribution in [0, 0.1) is 24.7 Å². The van der Waals surface area contributed by atoms with Crippen LogP contribution < -0.4 is 4.74 Å². The van der Waals surface area contributed by atoms with Gasteiger partial charge in [0.15, 0.2) is 5.75 Å². The normalized spacial score (nSPS) is 16.2. The maximum atomic E-state index is 11.9. The van der Waals surface area contributed by atoms with Gasteiger partial charge in [-0.1, -0.05) is 36.1 Å². The average Bonchev–Trinajstić information content (AvgIpc) is 3.09. The standard InChI is InChI=1S/C20H24N4O2.C17H19N3O/c1-4-10-23-11-13-24(14-12-23)15-16-7-8-18(26-20(25)22(2)3)19-17(16)6-5-9-21-19;1-2-8-19-9-11-20(12-10-19)13-14-5-6-16(21)17-15(14)4-3-7-18-17/h1,5-9H,10-15H2,2-3H3;1,3-7,21H,8-13H2. The fourth-order valence-electron chi connectivity index (χ4n) is 5.92. The van der Waals surface area contributed by atoms with Gasteiger partial charge in [0.2, 0.25) is 0 Å². The quantitative estimate of drug-likeness (QED) is 0.306. The highest BCUT2D eigenvalue weighted by Crippen LogP contribution is 2.29. The summed E-state index contributed by atoms with van der Waals surface area (Å²) in [6.07, 6.45) is 13.8. The number of fused-ring (bicyclic) bond motifs is 2. The Kier molecular flexibility index (Phi) is 11.6. The highest BCUT2D eigenvalue weighted by Gasteiger charge is 2.20. The van der Waals surface area contributed by atoms with Crippen molar-refractivity contribution >= 4 is 27.9 Å². The lowest BCUT2D eigenvalue weighted by atomic mass is 10.1. The minimum absolute atomic E-state index is 0.244. The summed E-state index contributed by atoms with van der Waals surface area (Å²) in [4.78, 5) is 31.4. The molecular weight excluding hydrogens is 590 g/mol. The van der Waals surface area contributed by atoms with Crippen molar-refractivity contribution in [1.82, 2.24) is 34.5 Å². The van der Waals surface area contributed by atoms with Crippen molar-refractivity contribution in [3.8, 4) is 36.2 Å². The monoisotopic (exact) mass is 633 g/mol. The number of aromatic hydroxyl groups is 1. The van der Waals surface area contributed by atoms with Gasteiger partial charge in [-0.2, -0.15) is 0 Å². The van der Waals surface area contributed by atoms with Gasteiger partial charge in [-0.15, -0.1) is 12.8 Å². The first kappa shape index (κ1) is 33.6. The molecule has 0 aliphatic carbocycles. The van der Waals surface area contributed by atoms with Gasteiger partial charge in [0.05, 0.1) is 13.1 Å². The summed E-state index contributed by atoms with van der Waals surface area (Å²) in [5, 5.41) is 11.9. The van der Waals surface area contributed by atoms with E-state index in [-0.39, 0.29) is 5.75 Å². The summed E-state index contributed by atoms with van der Waals surface area (Å²) in [5.74, 6) is 6.15. The summed E-state index contributed by atoms with van der Waals surface area (Å²) < 4.78 is 5.46. The van der Waals surface area contributed by atoms with Crippen LogP contribution in [-0.4, -0.2) is 125 Å². The lowest BCUT2D eigenvalue weighted by molar-refractivity contribution is 0.139. The number of aromatic nitrogens is 2. The molecule has 2 aliphatic rings.